The molecule has 84 valence electrons. The maximum absolute atomic E-state index is 11.5. The lowest BCUT2D eigenvalue weighted by atomic mass is 9.96. The van der Waals surface area contributed by atoms with Crippen molar-refractivity contribution in [3.8, 4) is 0 Å². The molecule has 15 heavy (non-hydrogen) atoms. The van der Waals surface area contributed by atoms with Gasteiger partial charge < -0.3 is 14.2 Å². The highest BCUT2D eigenvalue weighted by Crippen LogP contribution is 2.31. The molecule has 6 nitrogen and oxygen atoms in total. The van der Waals surface area contributed by atoms with Crippen molar-refractivity contribution < 1.29 is 30.0 Å². The number of esters is 3. The average molecular weight is 217 g/mol. The lowest BCUT2D eigenvalue weighted by Crippen LogP contribution is -2.41. The van der Waals surface area contributed by atoms with E-state index in [2.05, 4.69) is 9.47 Å². The first-order valence-corrected chi connectivity index (χ1v) is 4.28. The summed E-state index contributed by atoms with van der Waals surface area (Å²) in [7, 11) is 2.19. The van der Waals surface area contributed by atoms with Gasteiger partial charge in [0.05, 0.1) is 20.6 Å². The van der Waals surface area contributed by atoms with Crippen molar-refractivity contribution in [1.82, 2.24) is 0 Å². The van der Waals surface area contributed by atoms with Crippen molar-refractivity contribution in [2.75, 3.05) is 14.2 Å². The first-order valence-electron chi connectivity index (χ1n) is 4.86. The Morgan fingerprint density at radius 3 is 2.60 bits per heavy atom. The van der Waals surface area contributed by atoms with Gasteiger partial charge in [0, 0.05) is 14.2 Å². The second-order valence-corrected chi connectivity index (χ2v) is 3.02. The van der Waals surface area contributed by atoms with Gasteiger partial charge in [-0.1, -0.05) is 0 Å². The summed E-state index contributed by atoms with van der Waals surface area (Å²) in [4.78, 5) is 33.8. The molecule has 0 aromatic carbocycles. The Kier molecular flexibility index (Phi) is 2.84. The predicted octanol–water partition coefficient (Wildman–Crippen LogP) is -0.202. The van der Waals surface area contributed by atoms with E-state index < -0.39 is 29.9 Å². The van der Waals surface area contributed by atoms with E-state index in [1.54, 1.807) is 0 Å². The highest BCUT2D eigenvalue weighted by atomic mass is 16.6. The minimum atomic E-state index is -1.86. The van der Waals surface area contributed by atoms with E-state index >= 15 is 0 Å². The number of cyclic esters (lactones) is 1. The normalized spacial score (nSPS) is 27.6. The van der Waals surface area contributed by atoms with E-state index in [0.29, 0.717) is 0 Å². The Labute approximate surface area is 87.9 Å². The fourth-order valence-electron chi connectivity index (χ4n) is 1.32. The minimum Gasteiger partial charge on any atom is -0.469 e. The van der Waals surface area contributed by atoms with Crippen LogP contribution in [0, 0.1) is 0 Å². The summed E-state index contributed by atoms with van der Waals surface area (Å²) in [6.45, 7) is 0. The van der Waals surface area contributed by atoms with Crippen molar-refractivity contribution in [3.05, 3.63) is 0 Å². The number of carbonyl (C=O) groups is 3. The molecule has 0 aliphatic carbocycles. The molecule has 1 fully saturated rings. The molecule has 1 aliphatic rings. The monoisotopic (exact) mass is 217 g/mol. The molecule has 1 saturated heterocycles. The molecule has 0 bridgehead atoms. The summed E-state index contributed by atoms with van der Waals surface area (Å²) in [5, 5.41) is 0. The first-order chi connectivity index (χ1) is 7.47. The van der Waals surface area contributed by atoms with E-state index in [-0.39, 0.29) is 12.8 Å². The summed E-state index contributed by atoms with van der Waals surface area (Å²) in [6.07, 6.45) is -1.71. The van der Waals surface area contributed by atoms with Gasteiger partial charge in [0.15, 0.2) is 0 Å². The van der Waals surface area contributed by atoms with E-state index in [9.17, 15) is 14.4 Å². The van der Waals surface area contributed by atoms with Gasteiger partial charge in [-0.25, -0.2) is 4.79 Å². The lowest BCUT2D eigenvalue weighted by Gasteiger charge is -2.22. The number of rotatable bonds is 3. The third kappa shape index (κ3) is 2.26. The van der Waals surface area contributed by atoms with Crippen molar-refractivity contribution in [3.63, 3.8) is 0 Å². The van der Waals surface area contributed by atoms with Crippen LogP contribution in [0.25, 0.3) is 0 Å². The fraction of sp³-hybridized carbons (Fsp3) is 0.667. The van der Waals surface area contributed by atoms with Gasteiger partial charge in [0.2, 0.25) is 5.60 Å². The van der Waals surface area contributed by atoms with E-state index in [4.69, 9.17) is 6.11 Å². The largest absolute Gasteiger partial charge is 0.469 e. The highest BCUT2D eigenvalue weighted by molar-refractivity contribution is 5.90. The molecule has 0 radical (unpaired) electrons. The van der Waals surface area contributed by atoms with Crippen molar-refractivity contribution in [1.29, 1.82) is 0 Å². The second kappa shape index (κ2) is 4.29. The van der Waals surface area contributed by atoms with Gasteiger partial charge in [-0.15, -0.1) is 0 Å². The summed E-state index contributed by atoms with van der Waals surface area (Å²) in [5.41, 5.74) is -1.86. The van der Waals surface area contributed by atoms with E-state index in [0.717, 1.165) is 14.2 Å². The van der Waals surface area contributed by atoms with Crippen LogP contribution in [0.4, 0.5) is 0 Å². The highest BCUT2D eigenvalue weighted by Gasteiger charge is 2.50. The number of hydrogen-bond donors (Lipinski definition) is 0. The first kappa shape index (κ1) is 9.95. The predicted molar refractivity (Wildman–Crippen MR) is 46.7 cm³/mol. The molecule has 0 spiro atoms. The molecule has 1 rings (SSSR count). The molecular formula is C9H12O6. The van der Waals surface area contributed by atoms with E-state index in [1.165, 1.54) is 0 Å². The van der Waals surface area contributed by atoms with Crippen LogP contribution < -0.4 is 0 Å². The zero-order valence-corrected chi connectivity index (χ0v) is 8.44. The van der Waals surface area contributed by atoms with Crippen LogP contribution in [0.5, 0.6) is 0 Å². The van der Waals surface area contributed by atoms with Crippen LogP contribution in [0.3, 0.4) is 0 Å². The quantitative estimate of drug-likeness (QED) is 0.481. The Hall–Kier alpha value is -1.59. The van der Waals surface area contributed by atoms with Crippen LogP contribution in [-0.4, -0.2) is 37.7 Å². The van der Waals surface area contributed by atoms with Crippen molar-refractivity contribution >= 4 is 17.9 Å². The molecule has 0 amide bonds. The third-order valence-corrected chi connectivity index (χ3v) is 2.08. The van der Waals surface area contributed by atoms with E-state index in [1.807, 2.05) is 0 Å². The molecular weight excluding hydrogens is 204 g/mol. The average Bonchev–Trinajstić information content (AvgIpc) is 2.69. The molecule has 6 heteroatoms. The molecule has 0 aromatic rings. The van der Waals surface area contributed by atoms with Gasteiger partial charge in [-0.05, 0) is 0 Å². The number of methoxy groups -OCH3 is 2. The molecule has 1 aliphatic heterocycles. The SMILES string of the molecule is [2H][C@H](C(=O)OC)[C@@]1(C(=O)OC)CCC(=O)O1. The van der Waals surface area contributed by atoms with Gasteiger partial charge in [-0.3, -0.25) is 9.59 Å². The summed E-state index contributed by atoms with van der Waals surface area (Å²) >= 11 is 0. The van der Waals surface area contributed by atoms with Crippen LogP contribution in [0.1, 0.15) is 20.6 Å². The summed E-state index contributed by atoms with van der Waals surface area (Å²) < 4.78 is 21.2. The Balaban J connectivity index is 3.01. The molecule has 0 N–H and O–H groups in total. The number of ether oxygens (including phenoxy) is 3. The molecule has 0 saturated carbocycles. The van der Waals surface area contributed by atoms with Crippen LogP contribution in [0.2, 0.25) is 0 Å². The van der Waals surface area contributed by atoms with Crippen LogP contribution in [-0.2, 0) is 28.6 Å². The second-order valence-electron chi connectivity index (χ2n) is 3.02. The smallest absolute Gasteiger partial charge is 0.350 e. The zero-order valence-electron chi connectivity index (χ0n) is 9.44. The Bertz CT molecular complexity index is 328. The molecule has 0 unspecified atom stereocenters. The van der Waals surface area contributed by atoms with Gasteiger partial charge in [0.25, 0.3) is 0 Å². The van der Waals surface area contributed by atoms with Crippen molar-refractivity contribution in [2.24, 2.45) is 0 Å². The zero-order chi connectivity index (χ0) is 12.3. The maximum atomic E-state index is 11.5. The van der Waals surface area contributed by atoms with Gasteiger partial charge in [0.1, 0.15) is 0 Å². The summed E-state index contributed by atoms with van der Waals surface area (Å²) in [5.74, 6) is -2.49. The number of carbonyl (C=O) groups excluding carboxylic acids is 3. The summed E-state index contributed by atoms with van der Waals surface area (Å²) in [6, 6.07) is 0. The molecule has 2 atom stereocenters. The van der Waals surface area contributed by atoms with Gasteiger partial charge in [-0.2, -0.15) is 0 Å². The topological polar surface area (TPSA) is 78.9 Å². The standard InChI is InChI=1S/C9H12O6/c1-13-7(11)5-9(8(12)14-2)4-3-6(10)15-9/h3-5H2,1-2H3/t9-/m1/s1/i5D/t5-,9-. The maximum Gasteiger partial charge on any atom is 0.350 e. The fourth-order valence-corrected chi connectivity index (χ4v) is 1.32. The number of hydrogen-bond acceptors (Lipinski definition) is 6. The van der Waals surface area contributed by atoms with Crippen LogP contribution >= 0.6 is 0 Å². The van der Waals surface area contributed by atoms with Gasteiger partial charge >= 0.3 is 17.9 Å². The Morgan fingerprint density at radius 2 is 2.20 bits per heavy atom. The van der Waals surface area contributed by atoms with Crippen LogP contribution in [0.15, 0.2) is 0 Å². The molecule has 1 heterocycles. The third-order valence-electron chi connectivity index (χ3n) is 2.08. The van der Waals surface area contributed by atoms with Crippen molar-refractivity contribution in [2.45, 2.75) is 24.8 Å². The Morgan fingerprint density at radius 1 is 1.53 bits per heavy atom. The molecule has 0 aromatic heterocycles. The lowest BCUT2D eigenvalue weighted by molar-refractivity contribution is -0.176. The minimum absolute atomic E-state index is 0.0263.